The molecule has 1 amide bonds. The van der Waals surface area contributed by atoms with Gasteiger partial charge in [0.1, 0.15) is 5.75 Å². The summed E-state index contributed by atoms with van der Waals surface area (Å²) in [7, 11) is -4.58. The van der Waals surface area contributed by atoms with Crippen LogP contribution in [-0.2, 0) is 11.1 Å². The first-order valence-corrected chi connectivity index (χ1v) is 8.28. The van der Waals surface area contributed by atoms with Crippen molar-refractivity contribution >= 4 is 24.8 Å². The van der Waals surface area contributed by atoms with E-state index in [1.165, 1.54) is 16.9 Å². The molecule has 0 fully saturated rings. The van der Waals surface area contributed by atoms with Crippen molar-refractivity contribution in [2.24, 2.45) is 5.73 Å². The van der Waals surface area contributed by atoms with Gasteiger partial charge in [0.2, 0.25) is 11.4 Å². The van der Waals surface area contributed by atoms with Crippen LogP contribution in [0.25, 0.3) is 11.0 Å². The zero-order valence-corrected chi connectivity index (χ0v) is 13.1. The molecule has 0 aliphatic heterocycles. The molecular weight excluding hydrogens is 337 g/mol. The maximum atomic E-state index is 11.3. The Bertz CT molecular complexity index is 947. The Morgan fingerprint density at radius 1 is 1.25 bits per heavy atom. The molecule has 0 unspecified atom stereocenters. The Morgan fingerprint density at radius 2 is 1.96 bits per heavy atom. The number of hydrogen-bond donors (Lipinski definition) is 3. The molecule has 24 heavy (non-hydrogen) atoms. The van der Waals surface area contributed by atoms with Gasteiger partial charge < -0.3 is 10.3 Å². The van der Waals surface area contributed by atoms with Gasteiger partial charge in [-0.25, -0.2) is 4.57 Å². The monoisotopic (exact) mass is 350 g/mol. The van der Waals surface area contributed by atoms with E-state index in [4.69, 9.17) is 20.1 Å². The summed E-state index contributed by atoms with van der Waals surface area (Å²) >= 11 is 0. The van der Waals surface area contributed by atoms with Crippen molar-refractivity contribution in [3.05, 3.63) is 53.6 Å². The van der Waals surface area contributed by atoms with E-state index in [1.54, 1.807) is 30.3 Å². The van der Waals surface area contributed by atoms with Crippen LogP contribution in [-0.4, -0.2) is 20.9 Å². The summed E-state index contributed by atoms with van der Waals surface area (Å²) in [6.45, 7) is 0.301. The van der Waals surface area contributed by atoms with Gasteiger partial charge in [0.25, 0.3) is 5.52 Å². The number of hydrogen-bond acceptors (Lipinski definition) is 5. The summed E-state index contributed by atoms with van der Waals surface area (Å²) in [6.07, 6.45) is 0. The first-order valence-electron chi connectivity index (χ1n) is 6.75. The number of phosphoric ester groups is 1. The first kappa shape index (κ1) is 16.1. The summed E-state index contributed by atoms with van der Waals surface area (Å²) in [5.74, 6) is -0.501. The minimum atomic E-state index is -4.58. The van der Waals surface area contributed by atoms with Crippen LogP contribution in [0, 0.1) is 0 Å². The molecule has 0 aliphatic carbocycles. The molecule has 0 bridgehead atoms. The van der Waals surface area contributed by atoms with Crippen LogP contribution in [0.4, 0.5) is 0 Å². The van der Waals surface area contributed by atoms with Gasteiger partial charge >= 0.3 is 7.82 Å². The predicted molar refractivity (Wildman–Crippen MR) is 80.9 cm³/mol. The number of nitrogens with zero attached hydrogens (tertiary/aromatic N) is 2. The van der Waals surface area contributed by atoms with Gasteiger partial charge in [-0.15, -0.1) is 0 Å². The van der Waals surface area contributed by atoms with Crippen LogP contribution >= 0.6 is 7.82 Å². The lowest BCUT2D eigenvalue weighted by Gasteiger charge is -2.06. The molecule has 3 aromatic rings. The average Bonchev–Trinajstić information content (AvgIpc) is 2.90. The smallest absolute Gasteiger partial charge is 0.404 e. The zero-order valence-electron chi connectivity index (χ0n) is 12.2. The lowest BCUT2D eigenvalue weighted by Crippen LogP contribution is -2.32. The molecule has 1 aromatic heterocycles. The molecule has 10 heteroatoms. The minimum absolute atomic E-state index is 0.0514. The van der Waals surface area contributed by atoms with Crippen LogP contribution in [0.3, 0.4) is 0 Å². The molecule has 0 aliphatic rings. The van der Waals surface area contributed by atoms with E-state index < -0.39 is 13.7 Å². The van der Waals surface area contributed by atoms with E-state index in [-0.39, 0.29) is 5.75 Å². The summed E-state index contributed by atoms with van der Waals surface area (Å²) < 4.78 is 22.0. The fraction of sp³-hybridized carbons (Fsp3) is 0.0714. The number of nitrogens with two attached hydrogens (primary N) is 1. The molecule has 4 N–H and O–H groups in total. The molecule has 0 radical (unpaired) electrons. The number of amides is 1. The summed E-state index contributed by atoms with van der Waals surface area (Å²) in [5.41, 5.74) is 7.55. The standard InChI is InChI=1S/C14H12N3O6P/c15-14(18)10-3-6-12-13(7-10)17(23-16-12)8-9-1-4-11(5-2-9)22-24(19,20)21/h1-7H,8H2,(H3-,15,18,19,20,21)/p+1. The molecule has 0 spiro atoms. The molecule has 2 aromatic carbocycles. The normalized spacial score (nSPS) is 11.6. The first-order chi connectivity index (χ1) is 11.3. The van der Waals surface area contributed by atoms with Crippen molar-refractivity contribution in [2.75, 3.05) is 0 Å². The second-order valence-electron chi connectivity index (χ2n) is 5.00. The number of fused-ring (bicyclic) bond motifs is 1. The summed E-state index contributed by atoms with van der Waals surface area (Å²) in [4.78, 5) is 28.8. The maximum Gasteiger partial charge on any atom is 0.524 e. The maximum absolute atomic E-state index is 11.3. The Balaban J connectivity index is 1.85. The van der Waals surface area contributed by atoms with Crippen LogP contribution in [0.2, 0.25) is 0 Å². The second-order valence-corrected chi connectivity index (χ2v) is 6.17. The quantitative estimate of drug-likeness (QED) is 0.455. The number of phosphoric acid groups is 1. The lowest BCUT2D eigenvalue weighted by molar-refractivity contribution is -0.846. The van der Waals surface area contributed by atoms with E-state index in [9.17, 15) is 9.36 Å². The van der Waals surface area contributed by atoms with Gasteiger partial charge in [0.05, 0.1) is 0 Å². The van der Waals surface area contributed by atoms with E-state index in [2.05, 4.69) is 9.68 Å². The summed E-state index contributed by atoms with van der Waals surface area (Å²) in [5, 5.41) is 3.89. The fourth-order valence-corrected chi connectivity index (χ4v) is 2.56. The van der Waals surface area contributed by atoms with Crippen molar-refractivity contribution in [3.8, 4) is 5.75 Å². The van der Waals surface area contributed by atoms with E-state index in [1.807, 2.05) is 0 Å². The molecule has 9 nitrogen and oxygen atoms in total. The third kappa shape index (κ3) is 3.60. The van der Waals surface area contributed by atoms with Crippen molar-refractivity contribution in [1.29, 1.82) is 0 Å². The van der Waals surface area contributed by atoms with Gasteiger partial charge in [0.15, 0.2) is 11.7 Å². The highest BCUT2D eigenvalue weighted by atomic mass is 31.2. The Labute approximate surface area is 135 Å². The van der Waals surface area contributed by atoms with Gasteiger partial charge in [-0.3, -0.25) is 14.6 Å². The van der Waals surface area contributed by atoms with E-state index >= 15 is 0 Å². The predicted octanol–water partition coefficient (Wildman–Crippen LogP) is 0.734. The van der Waals surface area contributed by atoms with Crippen LogP contribution in [0.15, 0.2) is 47.1 Å². The van der Waals surface area contributed by atoms with Crippen LogP contribution in [0.5, 0.6) is 5.75 Å². The number of primary amides is 1. The Hall–Kier alpha value is -2.74. The molecular formula is C14H13N3O6P+. The number of aromatic nitrogens is 2. The van der Waals surface area contributed by atoms with E-state index in [0.29, 0.717) is 23.1 Å². The van der Waals surface area contributed by atoms with Crippen LogP contribution < -0.4 is 15.0 Å². The lowest BCUT2D eigenvalue weighted by atomic mass is 10.2. The highest BCUT2D eigenvalue weighted by molar-refractivity contribution is 7.46. The van der Waals surface area contributed by atoms with Crippen molar-refractivity contribution < 1.29 is 33.0 Å². The molecule has 124 valence electrons. The molecule has 3 rings (SSSR count). The third-order valence-electron chi connectivity index (χ3n) is 3.24. The molecule has 0 atom stereocenters. The van der Waals surface area contributed by atoms with Crippen LogP contribution in [0.1, 0.15) is 15.9 Å². The fourth-order valence-electron chi connectivity index (χ4n) is 2.16. The highest BCUT2D eigenvalue weighted by Crippen LogP contribution is 2.37. The second kappa shape index (κ2) is 6.04. The highest BCUT2D eigenvalue weighted by Gasteiger charge is 2.19. The van der Waals surface area contributed by atoms with Gasteiger partial charge in [0, 0.05) is 11.6 Å². The number of rotatable bonds is 5. The van der Waals surface area contributed by atoms with Crippen molar-refractivity contribution in [2.45, 2.75) is 6.54 Å². The van der Waals surface area contributed by atoms with Crippen molar-refractivity contribution in [1.82, 2.24) is 5.16 Å². The molecule has 0 saturated carbocycles. The molecule has 1 heterocycles. The molecule has 0 saturated heterocycles. The van der Waals surface area contributed by atoms with Gasteiger partial charge in [-0.05, 0) is 29.8 Å². The minimum Gasteiger partial charge on any atom is -0.404 e. The third-order valence-corrected chi connectivity index (χ3v) is 3.69. The average molecular weight is 350 g/mol. The van der Waals surface area contributed by atoms with Gasteiger partial charge in [-0.2, -0.15) is 0 Å². The Kier molecular flexibility index (Phi) is 4.06. The summed E-state index contributed by atoms with van der Waals surface area (Å²) in [6, 6.07) is 10.9. The van der Waals surface area contributed by atoms with Crippen molar-refractivity contribution in [3.63, 3.8) is 0 Å². The Morgan fingerprint density at radius 3 is 2.58 bits per heavy atom. The number of carbonyl (C=O) groups excluding carboxylic acids is 1. The van der Waals surface area contributed by atoms with Gasteiger partial charge in [-0.1, -0.05) is 21.5 Å². The SMILES string of the molecule is NC(=O)c1ccc2no[n+](Cc3ccc(OP(=O)(O)O)cc3)c2c1. The topological polar surface area (TPSA) is 140 Å². The number of benzene rings is 2. The largest absolute Gasteiger partial charge is 0.524 e. The number of carbonyl (C=O) groups is 1. The zero-order chi connectivity index (χ0) is 17.3. The van der Waals surface area contributed by atoms with E-state index in [0.717, 1.165) is 5.56 Å².